The van der Waals surface area contributed by atoms with Crippen molar-refractivity contribution in [1.29, 1.82) is 0 Å². The minimum atomic E-state index is -0.710. The van der Waals surface area contributed by atoms with Crippen molar-refractivity contribution in [3.05, 3.63) is 0 Å². The Morgan fingerprint density at radius 1 is 0.917 bits per heavy atom. The van der Waals surface area contributed by atoms with Crippen LogP contribution in [0.5, 0.6) is 0 Å². The molecule has 7 nitrogen and oxygen atoms in total. The lowest BCUT2D eigenvalue weighted by Gasteiger charge is -2.45. The summed E-state index contributed by atoms with van der Waals surface area (Å²) in [5, 5.41) is 15.9. The first-order chi connectivity index (χ1) is 11.6. The number of likely N-dealkylation sites (tertiary alicyclic amines) is 1. The van der Waals surface area contributed by atoms with Crippen molar-refractivity contribution < 1.29 is 24.6 Å². The molecule has 1 amide bonds. The zero-order chi connectivity index (χ0) is 17.5. The van der Waals surface area contributed by atoms with Gasteiger partial charge in [0.05, 0.1) is 11.8 Å². The van der Waals surface area contributed by atoms with Gasteiger partial charge in [-0.1, -0.05) is 6.42 Å². The third kappa shape index (κ3) is 4.47. The van der Waals surface area contributed by atoms with E-state index in [1.807, 2.05) is 4.90 Å². The zero-order valence-electron chi connectivity index (χ0n) is 14.1. The molecule has 3 fully saturated rings. The summed E-state index contributed by atoms with van der Waals surface area (Å²) in [4.78, 5) is 36.7. The van der Waals surface area contributed by atoms with Crippen LogP contribution in [0.2, 0.25) is 0 Å². The maximum atomic E-state index is 12.8. The topological polar surface area (TPSA) is 98.2 Å². The number of rotatable bonds is 2. The van der Waals surface area contributed by atoms with Gasteiger partial charge in [-0.15, -0.1) is 0 Å². The molecule has 3 aliphatic heterocycles. The van der Waals surface area contributed by atoms with Gasteiger partial charge >= 0.3 is 5.97 Å². The van der Waals surface area contributed by atoms with Crippen LogP contribution in [0.25, 0.3) is 0 Å². The summed E-state index contributed by atoms with van der Waals surface area (Å²) in [7, 11) is 0. The number of carbonyl (C=O) groups excluding carboxylic acids is 1. The van der Waals surface area contributed by atoms with E-state index in [0.29, 0.717) is 32.0 Å². The monoisotopic (exact) mass is 340 g/mol. The van der Waals surface area contributed by atoms with E-state index in [-0.39, 0.29) is 24.2 Å². The van der Waals surface area contributed by atoms with Gasteiger partial charge in [-0.25, -0.2) is 0 Å². The molecule has 3 aliphatic rings. The zero-order valence-corrected chi connectivity index (χ0v) is 14.1. The summed E-state index contributed by atoms with van der Waals surface area (Å²) in [6, 6.07) is 0.442. The minimum Gasteiger partial charge on any atom is -0.483 e. The Hall–Kier alpha value is -1.63. The highest BCUT2D eigenvalue weighted by atomic mass is 16.4. The van der Waals surface area contributed by atoms with Crippen LogP contribution in [0.1, 0.15) is 44.9 Å². The number of nitrogens with zero attached hydrogens (tertiary/aromatic N) is 2. The highest BCUT2D eigenvalue weighted by molar-refractivity contribution is 5.80. The van der Waals surface area contributed by atoms with Gasteiger partial charge in [-0.2, -0.15) is 0 Å². The predicted molar refractivity (Wildman–Crippen MR) is 87.6 cm³/mol. The third-order valence-electron chi connectivity index (χ3n) is 5.56. The molecule has 7 heteroatoms. The number of carbonyl (C=O) groups is 3. The molecule has 0 spiro atoms. The van der Waals surface area contributed by atoms with Crippen LogP contribution in [0, 0.1) is 11.8 Å². The molecule has 0 saturated carbocycles. The summed E-state index contributed by atoms with van der Waals surface area (Å²) in [5.74, 6) is -0.527. The first kappa shape index (κ1) is 18.7. The summed E-state index contributed by atoms with van der Waals surface area (Å²) < 4.78 is 0. The van der Waals surface area contributed by atoms with Crippen LogP contribution < -0.4 is 0 Å². The molecule has 0 unspecified atom stereocenters. The Morgan fingerprint density at radius 3 is 2.17 bits per heavy atom. The predicted octanol–water partition coefficient (Wildman–Crippen LogP) is 1.27. The number of amides is 1. The molecule has 3 heterocycles. The number of carboxylic acids is 1. The van der Waals surface area contributed by atoms with Crippen molar-refractivity contribution in [2.75, 3.05) is 26.2 Å². The van der Waals surface area contributed by atoms with Crippen molar-refractivity contribution in [3.63, 3.8) is 0 Å². The Labute approximate surface area is 142 Å². The number of aliphatic carboxylic acids is 1. The molecular formula is C17H28N2O5. The van der Waals surface area contributed by atoms with Crippen molar-refractivity contribution >= 4 is 18.3 Å². The summed E-state index contributed by atoms with van der Waals surface area (Å²) in [6.07, 6.45) is 7.02. The van der Waals surface area contributed by atoms with Crippen molar-refractivity contribution in [3.8, 4) is 0 Å². The summed E-state index contributed by atoms with van der Waals surface area (Å²) >= 11 is 0. The van der Waals surface area contributed by atoms with E-state index in [2.05, 4.69) is 4.90 Å². The van der Waals surface area contributed by atoms with E-state index < -0.39 is 5.97 Å². The number of carboxylic acid groups (broad SMARTS) is 2. The SMILES string of the molecule is O=C(O)C1CCN(C(=O)[C@@H]2CCCN3CCCC[C@H]23)CC1.O=CO. The van der Waals surface area contributed by atoms with Gasteiger partial charge in [-0.3, -0.25) is 19.3 Å². The Kier molecular flexibility index (Phi) is 7.02. The highest BCUT2D eigenvalue weighted by Crippen LogP contribution is 2.33. The van der Waals surface area contributed by atoms with Gasteiger partial charge in [0.25, 0.3) is 6.47 Å². The quantitative estimate of drug-likeness (QED) is 0.735. The van der Waals surface area contributed by atoms with Crippen LogP contribution in [-0.2, 0) is 14.4 Å². The summed E-state index contributed by atoms with van der Waals surface area (Å²) in [5.41, 5.74) is 0. The number of piperidine rings is 3. The first-order valence-corrected chi connectivity index (χ1v) is 8.92. The van der Waals surface area contributed by atoms with E-state index >= 15 is 0 Å². The maximum Gasteiger partial charge on any atom is 0.306 e. The fourth-order valence-corrected chi connectivity index (χ4v) is 4.33. The lowest BCUT2D eigenvalue weighted by molar-refractivity contribution is -0.148. The van der Waals surface area contributed by atoms with Crippen LogP contribution in [-0.4, -0.2) is 70.6 Å². The number of hydrogen-bond acceptors (Lipinski definition) is 4. The molecule has 0 aromatic rings. The van der Waals surface area contributed by atoms with Crippen LogP contribution in [0.15, 0.2) is 0 Å². The molecule has 0 bridgehead atoms. The van der Waals surface area contributed by atoms with Crippen LogP contribution in [0.4, 0.5) is 0 Å². The lowest BCUT2D eigenvalue weighted by Crippen LogP contribution is -2.54. The van der Waals surface area contributed by atoms with E-state index in [1.165, 1.54) is 12.8 Å². The van der Waals surface area contributed by atoms with Crippen molar-refractivity contribution in [2.45, 2.75) is 51.0 Å². The molecule has 0 aliphatic carbocycles. The average Bonchev–Trinajstić information content (AvgIpc) is 2.61. The molecule has 2 N–H and O–H groups in total. The Bertz CT molecular complexity index is 446. The third-order valence-corrected chi connectivity index (χ3v) is 5.56. The second kappa shape index (κ2) is 9.01. The lowest BCUT2D eigenvalue weighted by atomic mass is 9.82. The number of hydrogen-bond donors (Lipinski definition) is 2. The van der Waals surface area contributed by atoms with Crippen molar-refractivity contribution in [2.24, 2.45) is 11.8 Å². The van der Waals surface area contributed by atoms with E-state index in [1.54, 1.807) is 0 Å². The average molecular weight is 340 g/mol. The minimum absolute atomic E-state index is 0.153. The van der Waals surface area contributed by atoms with E-state index in [9.17, 15) is 9.59 Å². The van der Waals surface area contributed by atoms with E-state index in [4.69, 9.17) is 15.0 Å². The second-order valence-electron chi connectivity index (χ2n) is 6.89. The van der Waals surface area contributed by atoms with Crippen LogP contribution >= 0.6 is 0 Å². The van der Waals surface area contributed by atoms with Crippen molar-refractivity contribution in [1.82, 2.24) is 9.80 Å². The molecule has 136 valence electrons. The maximum absolute atomic E-state index is 12.8. The van der Waals surface area contributed by atoms with E-state index in [0.717, 1.165) is 32.4 Å². The normalized spacial score (nSPS) is 28.2. The highest BCUT2D eigenvalue weighted by Gasteiger charge is 2.39. The Balaban J connectivity index is 0.000000647. The second-order valence-corrected chi connectivity index (χ2v) is 6.89. The smallest absolute Gasteiger partial charge is 0.306 e. The molecule has 0 aromatic heterocycles. The van der Waals surface area contributed by atoms with Gasteiger partial charge in [0.1, 0.15) is 0 Å². The van der Waals surface area contributed by atoms with Gasteiger partial charge in [-0.05, 0) is 51.6 Å². The number of fused-ring (bicyclic) bond motifs is 1. The van der Waals surface area contributed by atoms with Gasteiger partial charge < -0.3 is 15.1 Å². The molecule has 3 saturated heterocycles. The van der Waals surface area contributed by atoms with Gasteiger partial charge in [0.2, 0.25) is 5.91 Å². The van der Waals surface area contributed by atoms with Crippen LogP contribution in [0.3, 0.4) is 0 Å². The molecule has 24 heavy (non-hydrogen) atoms. The fraction of sp³-hybridized carbons (Fsp3) is 0.824. The molecule has 2 atom stereocenters. The largest absolute Gasteiger partial charge is 0.483 e. The fourth-order valence-electron chi connectivity index (χ4n) is 4.33. The first-order valence-electron chi connectivity index (χ1n) is 8.92. The Morgan fingerprint density at radius 2 is 1.54 bits per heavy atom. The molecule has 3 rings (SSSR count). The molecule has 0 aromatic carbocycles. The standard InChI is InChI=1S/C16H26N2O3.CH2O2/c19-15(18-10-6-12(7-11-18)16(20)21)13-4-3-9-17-8-2-1-5-14(13)17;2-1-3/h12-14H,1-11H2,(H,20,21);1H,(H,2,3)/t13-,14-;/m1./s1. The molecule has 0 radical (unpaired) electrons. The van der Waals surface area contributed by atoms with Gasteiger partial charge in [0, 0.05) is 19.1 Å². The molecular weight excluding hydrogens is 312 g/mol. The summed E-state index contributed by atoms with van der Waals surface area (Å²) in [6.45, 7) is 3.29. The van der Waals surface area contributed by atoms with Gasteiger partial charge in [0.15, 0.2) is 0 Å².